The zero-order chi connectivity index (χ0) is 6.69. The molecule has 1 radical (unpaired) electrons. The van der Waals surface area contributed by atoms with Gasteiger partial charge >= 0.3 is 0 Å². The molecule has 9 heavy (non-hydrogen) atoms. The summed E-state index contributed by atoms with van der Waals surface area (Å²) in [6.45, 7) is 0. The zero-order valence-electron chi connectivity index (χ0n) is 5.32. The summed E-state index contributed by atoms with van der Waals surface area (Å²) in [7, 11) is 0. The molecule has 0 N–H and O–H groups in total. The van der Waals surface area contributed by atoms with Crippen LogP contribution in [0.3, 0.4) is 0 Å². The molecule has 0 aromatic heterocycles. The van der Waals surface area contributed by atoms with Gasteiger partial charge in [0.15, 0.2) is 0 Å². The van der Waals surface area contributed by atoms with Crippen molar-refractivity contribution in [1.29, 1.82) is 0 Å². The average Bonchev–Trinajstić information content (AvgIpc) is 1.93. The zero-order valence-corrected chi connectivity index (χ0v) is 5.32. The lowest BCUT2D eigenvalue weighted by Crippen LogP contribution is -2.06. The van der Waals surface area contributed by atoms with E-state index in [2.05, 4.69) is 0 Å². The van der Waals surface area contributed by atoms with Crippen molar-refractivity contribution in [2.24, 2.45) is 0 Å². The van der Waals surface area contributed by atoms with Crippen LogP contribution in [0.25, 0.3) is 0 Å². The fourth-order valence-corrected chi connectivity index (χ4v) is 1.10. The SMILES string of the molecule is FC1[CH]CCCC(F)C1. The van der Waals surface area contributed by atoms with Crippen molar-refractivity contribution in [2.45, 2.75) is 38.0 Å². The third kappa shape index (κ3) is 2.29. The third-order valence-corrected chi connectivity index (χ3v) is 1.62. The summed E-state index contributed by atoms with van der Waals surface area (Å²) in [6.07, 6.45) is 1.83. The Labute approximate surface area is 54.3 Å². The second-order valence-corrected chi connectivity index (χ2v) is 2.52. The molecule has 1 rings (SSSR count). The van der Waals surface area contributed by atoms with Gasteiger partial charge in [-0.05, 0) is 19.3 Å². The minimum Gasteiger partial charge on any atom is -0.247 e. The fourth-order valence-electron chi connectivity index (χ4n) is 1.10. The van der Waals surface area contributed by atoms with Gasteiger partial charge in [-0.3, -0.25) is 0 Å². The van der Waals surface area contributed by atoms with Gasteiger partial charge in [0, 0.05) is 6.42 Å². The summed E-state index contributed by atoms with van der Waals surface area (Å²) in [4.78, 5) is 0. The molecule has 1 aliphatic carbocycles. The monoisotopic (exact) mass is 133 g/mol. The third-order valence-electron chi connectivity index (χ3n) is 1.62. The van der Waals surface area contributed by atoms with E-state index >= 15 is 0 Å². The van der Waals surface area contributed by atoms with Crippen LogP contribution in [0.1, 0.15) is 25.7 Å². The highest BCUT2D eigenvalue weighted by Crippen LogP contribution is 2.21. The van der Waals surface area contributed by atoms with Gasteiger partial charge in [-0.1, -0.05) is 6.42 Å². The lowest BCUT2D eigenvalue weighted by molar-refractivity contribution is 0.242. The predicted molar refractivity (Wildman–Crippen MR) is 32.6 cm³/mol. The van der Waals surface area contributed by atoms with E-state index in [1.165, 1.54) is 0 Å². The molecule has 0 heterocycles. The molecule has 2 unspecified atom stereocenters. The maximum atomic E-state index is 12.4. The number of halogens is 2. The molecule has 2 heteroatoms. The molecule has 0 aromatic carbocycles. The largest absolute Gasteiger partial charge is 0.247 e. The van der Waals surface area contributed by atoms with Crippen molar-refractivity contribution >= 4 is 0 Å². The van der Waals surface area contributed by atoms with Gasteiger partial charge in [0.05, 0.1) is 0 Å². The van der Waals surface area contributed by atoms with E-state index in [1.54, 1.807) is 6.42 Å². The topological polar surface area (TPSA) is 0 Å². The quantitative estimate of drug-likeness (QED) is 0.445. The van der Waals surface area contributed by atoms with E-state index in [0.717, 1.165) is 12.8 Å². The minimum absolute atomic E-state index is 0.0833. The van der Waals surface area contributed by atoms with Crippen molar-refractivity contribution in [3.63, 3.8) is 0 Å². The molecule has 0 aliphatic heterocycles. The van der Waals surface area contributed by atoms with E-state index in [0.29, 0.717) is 6.42 Å². The average molecular weight is 133 g/mol. The van der Waals surface area contributed by atoms with E-state index < -0.39 is 12.3 Å². The van der Waals surface area contributed by atoms with Crippen molar-refractivity contribution in [3.05, 3.63) is 6.42 Å². The Balaban J connectivity index is 2.29. The lowest BCUT2D eigenvalue weighted by Gasteiger charge is -2.03. The van der Waals surface area contributed by atoms with Crippen LogP contribution in [-0.4, -0.2) is 12.3 Å². The summed E-state index contributed by atoms with van der Waals surface area (Å²) in [5, 5.41) is 0. The highest BCUT2D eigenvalue weighted by atomic mass is 19.1. The Hall–Kier alpha value is -0.140. The van der Waals surface area contributed by atoms with Crippen molar-refractivity contribution in [1.82, 2.24) is 0 Å². The molecule has 0 saturated heterocycles. The highest BCUT2D eigenvalue weighted by molar-refractivity contribution is 4.82. The van der Waals surface area contributed by atoms with Crippen LogP contribution in [0.4, 0.5) is 8.78 Å². The molecule has 0 bridgehead atoms. The molecule has 1 aliphatic rings. The first-order chi connectivity index (χ1) is 4.29. The highest BCUT2D eigenvalue weighted by Gasteiger charge is 2.18. The van der Waals surface area contributed by atoms with Crippen LogP contribution < -0.4 is 0 Å². The molecule has 1 fully saturated rings. The summed E-state index contributed by atoms with van der Waals surface area (Å²) < 4.78 is 24.8. The summed E-state index contributed by atoms with van der Waals surface area (Å²) in [5.41, 5.74) is 0. The smallest absolute Gasteiger partial charge is 0.106 e. The maximum Gasteiger partial charge on any atom is 0.106 e. The van der Waals surface area contributed by atoms with Crippen molar-refractivity contribution < 1.29 is 8.78 Å². The van der Waals surface area contributed by atoms with Gasteiger partial charge in [-0.2, -0.15) is 0 Å². The van der Waals surface area contributed by atoms with E-state index in [1.807, 2.05) is 0 Å². The predicted octanol–water partition coefficient (Wildman–Crippen LogP) is 2.44. The van der Waals surface area contributed by atoms with Crippen LogP contribution in [-0.2, 0) is 0 Å². The Morgan fingerprint density at radius 3 is 2.89 bits per heavy atom. The van der Waals surface area contributed by atoms with Gasteiger partial charge in [-0.15, -0.1) is 0 Å². The molecular weight excluding hydrogens is 122 g/mol. The van der Waals surface area contributed by atoms with Gasteiger partial charge in [0.1, 0.15) is 12.3 Å². The van der Waals surface area contributed by atoms with Crippen molar-refractivity contribution in [2.75, 3.05) is 0 Å². The molecule has 0 amide bonds. The molecular formula is C7H11F2. The van der Waals surface area contributed by atoms with Crippen LogP contribution in [0.5, 0.6) is 0 Å². The number of hydrogen-bond acceptors (Lipinski definition) is 0. The first-order valence-electron chi connectivity index (χ1n) is 3.40. The van der Waals surface area contributed by atoms with E-state index in [9.17, 15) is 8.78 Å². The Bertz CT molecular complexity index is 73.0. The molecule has 0 spiro atoms. The van der Waals surface area contributed by atoms with Gasteiger partial charge in [-0.25, -0.2) is 8.78 Å². The summed E-state index contributed by atoms with van der Waals surface area (Å²) in [5.74, 6) is 0. The maximum absolute atomic E-state index is 12.4. The molecule has 1 saturated carbocycles. The fraction of sp³-hybridized carbons (Fsp3) is 0.857. The number of alkyl halides is 2. The minimum atomic E-state index is -0.998. The van der Waals surface area contributed by atoms with E-state index in [4.69, 9.17) is 0 Å². The van der Waals surface area contributed by atoms with Crippen LogP contribution in [0.2, 0.25) is 0 Å². The van der Waals surface area contributed by atoms with Crippen LogP contribution in [0.15, 0.2) is 0 Å². The Kier molecular flexibility index (Phi) is 2.43. The first kappa shape index (κ1) is 6.97. The standard InChI is InChI=1S/C7H11F2/c8-6-3-1-2-4-7(9)5-6/h3,6-7H,1-2,4-5H2. The number of hydrogen-bond donors (Lipinski definition) is 0. The lowest BCUT2D eigenvalue weighted by atomic mass is 10.2. The summed E-state index contributed by atoms with van der Waals surface area (Å²) >= 11 is 0. The second-order valence-electron chi connectivity index (χ2n) is 2.52. The molecule has 0 aromatic rings. The van der Waals surface area contributed by atoms with Gasteiger partial charge < -0.3 is 0 Å². The van der Waals surface area contributed by atoms with E-state index in [-0.39, 0.29) is 6.42 Å². The van der Waals surface area contributed by atoms with Crippen LogP contribution >= 0.6 is 0 Å². The molecule has 0 nitrogen and oxygen atoms in total. The number of rotatable bonds is 0. The Morgan fingerprint density at radius 1 is 1.33 bits per heavy atom. The van der Waals surface area contributed by atoms with Crippen LogP contribution in [0, 0.1) is 6.42 Å². The second kappa shape index (κ2) is 3.14. The Morgan fingerprint density at radius 2 is 2.11 bits per heavy atom. The first-order valence-corrected chi connectivity index (χ1v) is 3.40. The van der Waals surface area contributed by atoms with Gasteiger partial charge in [0.25, 0.3) is 0 Å². The molecule has 53 valence electrons. The van der Waals surface area contributed by atoms with Gasteiger partial charge in [0.2, 0.25) is 0 Å². The summed E-state index contributed by atoms with van der Waals surface area (Å²) in [6, 6.07) is 0. The molecule has 2 atom stereocenters. The van der Waals surface area contributed by atoms with Crippen molar-refractivity contribution in [3.8, 4) is 0 Å². The normalized spacial score (nSPS) is 38.0.